The average molecular weight is 548 g/mol. The first-order valence-corrected chi connectivity index (χ1v) is 11.7. The Morgan fingerprint density at radius 3 is 2.55 bits per heavy atom. The van der Waals surface area contributed by atoms with Gasteiger partial charge < -0.3 is 9.88 Å². The van der Waals surface area contributed by atoms with Crippen molar-refractivity contribution < 1.29 is 0 Å². The molecule has 0 aliphatic carbocycles. The highest BCUT2D eigenvalue weighted by atomic mass is 127. The normalized spacial score (nSPS) is 15.2. The molecule has 0 unspecified atom stereocenters. The van der Waals surface area contributed by atoms with Gasteiger partial charge in [0.25, 0.3) is 0 Å². The summed E-state index contributed by atoms with van der Waals surface area (Å²) in [6.07, 6.45) is 3.92. The van der Waals surface area contributed by atoms with E-state index in [9.17, 15) is 0 Å². The maximum absolute atomic E-state index is 6.02. The van der Waals surface area contributed by atoms with Crippen LogP contribution in [0.25, 0.3) is 22.6 Å². The summed E-state index contributed by atoms with van der Waals surface area (Å²) < 4.78 is 2.94. The molecular weight excluding hydrogens is 525 g/mol. The summed E-state index contributed by atoms with van der Waals surface area (Å²) >= 11 is 8.39. The van der Waals surface area contributed by atoms with E-state index in [0.717, 1.165) is 69.6 Å². The first-order chi connectivity index (χ1) is 15.0. The third-order valence-electron chi connectivity index (χ3n) is 5.72. The number of anilines is 1. The van der Waals surface area contributed by atoms with Crippen LogP contribution in [0.5, 0.6) is 0 Å². The molecule has 4 heterocycles. The summed E-state index contributed by atoms with van der Waals surface area (Å²) in [5.41, 5.74) is 6.17. The molecule has 3 aromatic heterocycles. The highest BCUT2D eigenvalue weighted by Crippen LogP contribution is 2.32. The summed E-state index contributed by atoms with van der Waals surface area (Å²) in [4.78, 5) is 17.9. The standard InChI is InChI=1S/C22H23ClIN7/c1-14-17(13-29(2)28-14)21-26-19-20(18(24)11-25-22(19)27-21)31-9-7-30(8-10-31)12-15-3-5-16(23)6-4-15/h3-6,11,13H,7-10,12H2,1-2H3,(H,25,26,27). The van der Waals surface area contributed by atoms with Crippen LogP contribution < -0.4 is 4.90 Å². The molecule has 0 spiro atoms. The predicted octanol–water partition coefficient (Wildman–Crippen LogP) is 4.25. The van der Waals surface area contributed by atoms with Gasteiger partial charge in [0.15, 0.2) is 5.65 Å². The Bertz CT molecular complexity index is 1220. The second-order valence-corrected chi connectivity index (χ2v) is 9.53. The van der Waals surface area contributed by atoms with Gasteiger partial charge in [0.1, 0.15) is 11.3 Å². The fourth-order valence-corrected chi connectivity index (χ4v) is 5.02. The van der Waals surface area contributed by atoms with Crippen LogP contribution in [-0.2, 0) is 13.6 Å². The van der Waals surface area contributed by atoms with Crippen molar-refractivity contribution in [1.29, 1.82) is 0 Å². The van der Waals surface area contributed by atoms with Gasteiger partial charge in [-0.15, -0.1) is 0 Å². The van der Waals surface area contributed by atoms with Crippen molar-refractivity contribution in [1.82, 2.24) is 29.6 Å². The van der Waals surface area contributed by atoms with Crippen molar-refractivity contribution in [3.8, 4) is 11.4 Å². The minimum Gasteiger partial charge on any atom is -0.366 e. The maximum atomic E-state index is 6.02. The van der Waals surface area contributed by atoms with E-state index >= 15 is 0 Å². The van der Waals surface area contributed by atoms with Gasteiger partial charge >= 0.3 is 0 Å². The first-order valence-electron chi connectivity index (χ1n) is 10.2. The number of rotatable bonds is 4. The van der Waals surface area contributed by atoms with Gasteiger partial charge in [0, 0.05) is 57.2 Å². The number of benzene rings is 1. The zero-order chi connectivity index (χ0) is 21.5. The molecule has 1 aliphatic heterocycles. The SMILES string of the molecule is Cc1nn(C)cc1-c1nc2c(N3CCN(Cc4ccc(Cl)cc4)CC3)c(I)cnc2[nH]1. The average Bonchev–Trinajstić information content (AvgIpc) is 3.32. The molecule has 1 saturated heterocycles. The quantitative estimate of drug-likeness (QED) is 0.387. The van der Waals surface area contributed by atoms with Gasteiger partial charge in [0.2, 0.25) is 0 Å². The van der Waals surface area contributed by atoms with E-state index in [2.05, 4.69) is 59.6 Å². The van der Waals surface area contributed by atoms with Crippen LogP contribution in [0.1, 0.15) is 11.3 Å². The number of aromatic amines is 1. The number of hydrogen-bond acceptors (Lipinski definition) is 5. The van der Waals surface area contributed by atoms with Crippen LogP contribution in [0.2, 0.25) is 5.02 Å². The molecule has 160 valence electrons. The lowest BCUT2D eigenvalue weighted by atomic mass is 10.2. The van der Waals surface area contributed by atoms with Crippen molar-refractivity contribution in [3.05, 3.63) is 56.5 Å². The van der Waals surface area contributed by atoms with Gasteiger partial charge in [-0.1, -0.05) is 23.7 Å². The van der Waals surface area contributed by atoms with Crippen LogP contribution >= 0.6 is 34.2 Å². The van der Waals surface area contributed by atoms with Gasteiger partial charge in [-0.2, -0.15) is 5.10 Å². The van der Waals surface area contributed by atoms with Crippen molar-refractivity contribution in [3.63, 3.8) is 0 Å². The zero-order valence-corrected chi connectivity index (χ0v) is 20.4. The molecule has 0 amide bonds. The summed E-state index contributed by atoms with van der Waals surface area (Å²) in [5, 5.41) is 5.23. The fraction of sp³-hybridized carbons (Fsp3) is 0.318. The molecule has 31 heavy (non-hydrogen) atoms. The van der Waals surface area contributed by atoms with Gasteiger partial charge in [0.05, 0.1) is 20.5 Å². The first kappa shape index (κ1) is 20.7. The second-order valence-electron chi connectivity index (χ2n) is 7.93. The van der Waals surface area contributed by atoms with Crippen LogP contribution in [0.15, 0.2) is 36.7 Å². The van der Waals surface area contributed by atoms with Crippen molar-refractivity contribution in [2.24, 2.45) is 7.05 Å². The van der Waals surface area contributed by atoms with Gasteiger partial charge in [-0.25, -0.2) is 9.97 Å². The number of pyridine rings is 1. The van der Waals surface area contributed by atoms with E-state index in [1.54, 1.807) is 0 Å². The number of H-pyrrole nitrogens is 1. The number of aryl methyl sites for hydroxylation is 2. The molecular formula is C22H23ClIN7. The van der Waals surface area contributed by atoms with Crippen LogP contribution in [0.3, 0.4) is 0 Å². The highest BCUT2D eigenvalue weighted by Gasteiger charge is 2.23. The Balaban J connectivity index is 1.38. The molecule has 1 N–H and O–H groups in total. The molecule has 9 heteroatoms. The van der Waals surface area contributed by atoms with E-state index in [4.69, 9.17) is 16.6 Å². The topological polar surface area (TPSA) is 65.9 Å². The Hall–Kier alpha value is -2.17. The highest BCUT2D eigenvalue weighted by molar-refractivity contribution is 14.1. The van der Waals surface area contributed by atoms with Crippen LogP contribution in [0, 0.1) is 10.5 Å². The monoisotopic (exact) mass is 547 g/mol. The van der Waals surface area contributed by atoms with E-state index < -0.39 is 0 Å². The van der Waals surface area contributed by atoms with Crippen molar-refractivity contribution >= 4 is 51.0 Å². The molecule has 5 rings (SSSR count). The number of nitrogens with one attached hydrogen (secondary N) is 1. The molecule has 0 atom stereocenters. The van der Waals surface area contributed by atoms with E-state index in [-0.39, 0.29) is 0 Å². The summed E-state index contributed by atoms with van der Waals surface area (Å²) in [7, 11) is 1.93. The molecule has 7 nitrogen and oxygen atoms in total. The van der Waals surface area contributed by atoms with Gasteiger partial charge in [-0.3, -0.25) is 9.58 Å². The second kappa shape index (κ2) is 8.40. The lowest BCUT2D eigenvalue weighted by molar-refractivity contribution is 0.250. The van der Waals surface area contributed by atoms with E-state index in [1.165, 1.54) is 11.3 Å². The number of hydrogen-bond donors (Lipinski definition) is 1. The van der Waals surface area contributed by atoms with E-state index in [1.807, 2.05) is 43.2 Å². The summed E-state index contributed by atoms with van der Waals surface area (Å²) in [6, 6.07) is 8.14. The Morgan fingerprint density at radius 1 is 1.13 bits per heavy atom. The fourth-order valence-electron chi connectivity index (χ4n) is 4.16. The lowest BCUT2D eigenvalue weighted by Crippen LogP contribution is -2.46. The van der Waals surface area contributed by atoms with E-state index in [0.29, 0.717) is 0 Å². The Kier molecular flexibility index (Phi) is 5.61. The summed E-state index contributed by atoms with van der Waals surface area (Å²) in [5.74, 6) is 0.817. The minimum absolute atomic E-state index is 0.782. The van der Waals surface area contributed by atoms with Crippen LogP contribution in [-0.4, -0.2) is 55.8 Å². The largest absolute Gasteiger partial charge is 0.366 e. The molecule has 0 saturated carbocycles. The molecule has 1 aromatic carbocycles. The minimum atomic E-state index is 0.782. The number of halogens is 2. The number of nitrogens with zero attached hydrogens (tertiary/aromatic N) is 6. The number of aromatic nitrogens is 5. The predicted molar refractivity (Wildman–Crippen MR) is 132 cm³/mol. The van der Waals surface area contributed by atoms with Crippen LogP contribution in [0.4, 0.5) is 5.69 Å². The maximum Gasteiger partial charge on any atom is 0.159 e. The van der Waals surface area contributed by atoms with Crippen molar-refractivity contribution in [2.75, 3.05) is 31.1 Å². The number of piperazine rings is 1. The van der Waals surface area contributed by atoms with Crippen molar-refractivity contribution in [2.45, 2.75) is 13.5 Å². The molecule has 0 radical (unpaired) electrons. The molecule has 1 aliphatic rings. The zero-order valence-electron chi connectivity index (χ0n) is 17.4. The molecule has 1 fully saturated rings. The molecule has 0 bridgehead atoms. The molecule has 4 aromatic rings. The number of imidazole rings is 1. The summed E-state index contributed by atoms with van der Waals surface area (Å²) in [6.45, 7) is 6.86. The van der Waals surface area contributed by atoms with Gasteiger partial charge in [-0.05, 0) is 47.2 Å². The third kappa shape index (κ3) is 4.16. The Labute approximate surface area is 199 Å². The third-order valence-corrected chi connectivity index (χ3v) is 6.76. The number of fused-ring (bicyclic) bond motifs is 1. The lowest BCUT2D eigenvalue weighted by Gasteiger charge is -2.36. The Morgan fingerprint density at radius 2 is 1.87 bits per heavy atom. The smallest absolute Gasteiger partial charge is 0.159 e.